The molecule has 1 saturated carbocycles. The van der Waals surface area contributed by atoms with Crippen molar-refractivity contribution in [2.45, 2.75) is 38.5 Å². The molecule has 4 aliphatic rings. The largest absolute Gasteiger partial charge is 0.342 e. The molecule has 0 spiro atoms. The van der Waals surface area contributed by atoms with Crippen molar-refractivity contribution < 1.29 is 4.79 Å². The summed E-state index contributed by atoms with van der Waals surface area (Å²) >= 11 is 0. The molecule has 5 rings (SSSR count). The SMILES string of the molecule is O=C(C1CC1)N1CC2CC=C(c3ccc(CCN4CCCC4)cc3)C2C1. The summed E-state index contributed by atoms with van der Waals surface area (Å²) in [5, 5.41) is 0. The van der Waals surface area contributed by atoms with Crippen molar-refractivity contribution in [1.29, 1.82) is 0 Å². The van der Waals surface area contributed by atoms with Crippen LogP contribution in [0.25, 0.3) is 5.57 Å². The molecular formula is C23H30N2O. The van der Waals surface area contributed by atoms with Crippen LogP contribution in [-0.2, 0) is 11.2 Å². The average molecular weight is 351 g/mol. The normalized spacial score (nSPS) is 28.5. The smallest absolute Gasteiger partial charge is 0.225 e. The van der Waals surface area contributed by atoms with Crippen LogP contribution in [0.5, 0.6) is 0 Å². The highest BCUT2D eigenvalue weighted by Crippen LogP contribution is 2.44. The second-order valence-electron chi connectivity index (χ2n) is 8.77. The van der Waals surface area contributed by atoms with Crippen LogP contribution in [0, 0.1) is 17.8 Å². The number of nitrogens with zero attached hydrogens (tertiary/aromatic N) is 2. The Morgan fingerprint density at radius 3 is 2.54 bits per heavy atom. The van der Waals surface area contributed by atoms with Crippen molar-refractivity contribution in [2.24, 2.45) is 17.8 Å². The van der Waals surface area contributed by atoms with E-state index in [0.29, 0.717) is 23.7 Å². The molecule has 138 valence electrons. The van der Waals surface area contributed by atoms with Gasteiger partial charge in [-0.05, 0) is 74.2 Å². The van der Waals surface area contributed by atoms with Crippen LogP contribution in [0.1, 0.15) is 43.2 Å². The average Bonchev–Trinajstić information content (AvgIpc) is 3.06. The molecular weight excluding hydrogens is 320 g/mol. The molecule has 2 aliphatic heterocycles. The number of benzene rings is 1. The number of allylic oxidation sites excluding steroid dienone is 1. The fraction of sp³-hybridized carbons (Fsp3) is 0.609. The molecule has 3 nitrogen and oxygen atoms in total. The fourth-order valence-electron chi connectivity index (χ4n) is 5.15. The Bertz CT molecular complexity index is 697. The molecule has 0 bridgehead atoms. The Morgan fingerprint density at radius 1 is 1.04 bits per heavy atom. The fourth-order valence-corrected chi connectivity index (χ4v) is 5.15. The minimum atomic E-state index is 0.358. The van der Waals surface area contributed by atoms with Gasteiger partial charge in [0.15, 0.2) is 0 Å². The second kappa shape index (κ2) is 6.84. The van der Waals surface area contributed by atoms with Crippen molar-refractivity contribution in [3.05, 3.63) is 41.5 Å². The lowest BCUT2D eigenvalue weighted by molar-refractivity contribution is -0.131. The predicted molar refractivity (Wildman–Crippen MR) is 105 cm³/mol. The van der Waals surface area contributed by atoms with Gasteiger partial charge in [-0.3, -0.25) is 4.79 Å². The van der Waals surface area contributed by atoms with E-state index in [1.165, 1.54) is 49.2 Å². The van der Waals surface area contributed by atoms with Crippen LogP contribution in [0.15, 0.2) is 30.3 Å². The molecule has 1 aromatic rings. The number of rotatable bonds is 5. The molecule has 2 atom stereocenters. The summed E-state index contributed by atoms with van der Waals surface area (Å²) in [7, 11) is 0. The van der Waals surface area contributed by atoms with Gasteiger partial charge in [-0.25, -0.2) is 0 Å². The summed E-state index contributed by atoms with van der Waals surface area (Å²) in [6.07, 6.45) is 9.72. The van der Waals surface area contributed by atoms with E-state index >= 15 is 0 Å². The van der Waals surface area contributed by atoms with Gasteiger partial charge >= 0.3 is 0 Å². The van der Waals surface area contributed by atoms with Crippen LogP contribution in [0.2, 0.25) is 0 Å². The van der Waals surface area contributed by atoms with E-state index in [1.807, 2.05) is 0 Å². The summed E-state index contributed by atoms with van der Waals surface area (Å²) in [6, 6.07) is 9.28. The van der Waals surface area contributed by atoms with Gasteiger partial charge in [-0.1, -0.05) is 30.3 Å². The van der Waals surface area contributed by atoms with E-state index in [-0.39, 0.29) is 0 Å². The minimum absolute atomic E-state index is 0.358. The quantitative estimate of drug-likeness (QED) is 0.810. The van der Waals surface area contributed by atoms with Gasteiger partial charge < -0.3 is 9.80 Å². The van der Waals surface area contributed by atoms with Gasteiger partial charge in [0.2, 0.25) is 5.91 Å². The van der Waals surface area contributed by atoms with E-state index in [4.69, 9.17) is 0 Å². The molecule has 2 aliphatic carbocycles. The lowest BCUT2D eigenvalue weighted by Gasteiger charge is -2.18. The maximum atomic E-state index is 12.4. The predicted octanol–water partition coefficient (Wildman–Crippen LogP) is 3.60. The first kappa shape index (κ1) is 16.6. The molecule has 2 heterocycles. The zero-order valence-corrected chi connectivity index (χ0v) is 15.7. The Balaban J connectivity index is 1.21. The van der Waals surface area contributed by atoms with Gasteiger partial charge in [0.25, 0.3) is 0 Å². The molecule has 0 radical (unpaired) electrons. The van der Waals surface area contributed by atoms with E-state index in [1.54, 1.807) is 0 Å². The molecule has 3 heteroatoms. The molecule has 0 aromatic heterocycles. The minimum Gasteiger partial charge on any atom is -0.342 e. The molecule has 2 unspecified atom stereocenters. The highest BCUT2D eigenvalue weighted by atomic mass is 16.2. The lowest BCUT2D eigenvalue weighted by Crippen LogP contribution is -2.30. The van der Waals surface area contributed by atoms with Crippen LogP contribution >= 0.6 is 0 Å². The summed E-state index contributed by atoms with van der Waals surface area (Å²) in [5.74, 6) is 2.00. The monoisotopic (exact) mass is 350 g/mol. The topological polar surface area (TPSA) is 23.6 Å². The Labute approximate surface area is 157 Å². The molecule has 26 heavy (non-hydrogen) atoms. The van der Waals surface area contributed by atoms with Crippen LogP contribution in [0.3, 0.4) is 0 Å². The van der Waals surface area contributed by atoms with Gasteiger partial charge in [-0.2, -0.15) is 0 Å². The van der Waals surface area contributed by atoms with E-state index in [9.17, 15) is 4.79 Å². The molecule has 3 fully saturated rings. The van der Waals surface area contributed by atoms with E-state index in [0.717, 1.165) is 38.8 Å². The standard InChI is InChI=1S/C23H30N2O/c26-23(19-7-8-19)25-15-20-9-10-21(22(20)16-25)18-5-3-17(4-6-18)11-14-24-12-1-2-13-24/h3-6,10,19-20,22H,1-2,7-9,11-16H2. The van der Waals surface area contributed by atoms with Crippen LogP contribution < -0.4 is 0 Å². The number of hydrogen-bond donors (Lipinski definition) is 0. The summed E-state index contributed by atoms with van der Waals surface area (Å²) in [6.45, 7) is 5.69. The van der Waals surface area contributed by atoms with E-state index in [2.05, 4.69) is 40.1 Å². The Hall–Kier alpha value is -1.61. The number of carbonyl (C=O) groups excluding carboxylic acids is 1. The van der Waals surface area contributed by atoms with Crippen molar-refractivity contribution >= 4 is 11.5 Å². The first-order valence-electron chi connectivity index (χ1n) is 10.6. The van der Waals surface area contributed by atoms with Crippen LogP contribution in [-0.4, -0.2) is 48.4 Å². The van der Waals surface area contributed by atoms with E-state index < -0.39 is 0 Å². The zero-order chi connectivity index (χ0) is 17.5. The first-order valence-corrected chi connectivity index (χ1v) is 10.6. The summed E-state index contributed by atoms with van der Waals surface area (Å²) < 4.78 is 0. The van der Waals surface area contributed by atoms with Crippen molar-refractivity contribution in [1.82, 2.24) is 9.80 Å². The maximum absolute atomic E-state index is 12.4. The Kier molecular flexibility index (Phi) is 4.36. The number of fused-ring (bicyclic) bond motifs is 1. The van der Waals surface area contributed by atoms with Crippen molar-refractivity contribution in [2.75, 3.05) is 32.7 Å². The number of likely N-dealkylation sites (tertiary alicyclic amines) is 2. The molecule has 1 amide bonds. The van der Waals surface area contributed by atoms with Gasteiger partial charge in [0, 0.05) is 31.5 Å². The maximum Gasteiger partial charge on any atom is 0.225 e. The number of hydrogen-bond acceptors (Lipinski definition) is 2. The highest BCUT2D eigenvalue weighted by Gasteiger charge is 2.43. The Morgan fingerprint density at radius 2 is 1.81 bits per heavy atom. The molecule has 2 saturated heterocycles. The number of carbonyl (C=O) groups is 1. The van der Waals surface area contributed by atoms with Crippen molar-refractivity contribution in [3.8, 4) is 0 Å². The molecule has 0 N–H and O–H groups in total. The van der Waals surface area contributed by atoms with Gasteiger partial charge in [0.05, 0.1) is 0 Å². The molecule has 1 aromatic carbocycles. The van der Waals surface area contributed by atoms with Gasteiger partial charge in [0.1, 0.15) is 0 Å². The third-order valence-electron chi connectivity index (χ3n) is 6.92. The third-order valence-corrected chi connectivity index (χ3v) is 6.92. The second-order valence-corrected chi connectivity index (χ2v) is 8.77. The highest BCUT2D eigenvalue weighted by molar-refractivity contribution is 5.82. The first-order chi connectivity index (χ1) is 12.8. The summed E-state index contributed by atoms with van der Waals surface area (Å²) in [5.41, 5.74) is 4.32. The van der Waals surface area contributed by atoms with Crippen molar-refractivity contribution in [3.63, 3.8) is 0 Å². The van der Waals surface area contributed by atoms with Gasteiger partial charge in [-0.15, -0.1) is 0 Å². The number of amides is 1. The van der Waals surface area contributed by atoms with Crippen LogP contribution in [0.4, 0.5) is 0 Å². The summed E-state index contributed by atoms with van der Waals surface area (Å²) in [4.78, 5) is 17.2. The zero-order valence-electron chi connectivity index (χ0n) is 15.7. The lowest BCUT2D eigenvalue weighted by atomic mass is 9.90. The third kappa shape index (κ3) is 3.22.